The van der Waals surface area contributed by atoms with Crippen LogP contribution in [0.1, 0.15) is 24.2 Å². The van der Waals surface area contributed by atoms with Gasteiger partial charge < -0.3 is 24.1 Å². The van der Waals surface area contributed by atoms with E-state index in [2.05, 4.69) is 0 Å². The van der Waals surface area contributed by atoms with Crippen LogP contribution in [-0.4, -0.2) is 37.5 Å². The summed E-state index contributed by atoms with van der Waals surface area (Å²) in [5, 5.41) is 9.05. The smallest absolute Gasteiger partial charge is 0.335 e. The number of para-hydroxylation sites is 2. The molecule has 2 aromatic carbocycles. The Bertz CT molecular complexity index is 698. The van der Waals surface area contributed by atoms with E-state index >= 15 is 0 Å². The number of rotatable bonds is 10. The molecule has 2 rings (SSSR count). The molecule has 0 saturated heterocycles. The molecule has 6 nitrogen and oxygen atoms in total. The number of carbonyl (C=O) groups is 1. The summed E-state index contributed by atoms with van der Waals surface area (Å²) < 4.78 is 22.3. The molecule has 134 valence electrons. The van der Waals surface area contributed by atoms with Gasteiger partial charge in [-0.2, -0.15) is 0 Å². The van der Waals surface area contributed by atoms with Crippen LogP contribution in [0.2, 0.25) is 0 Å². The lowest BCUT2D eigenvalue weighted by Gasteiger charge is -2.14. The van der Waals surface area contributed by atoms with Crippen LogP contribution in [0.4, 0.5) is 0 Å². The molecule has 0 aliphatic heterocycles. The van der Waals surface area contributed by atoms with E-state index in [-0.39, 0.29) is 12.2 Å². The van der Waals surface area contributed by atoms with Crippen LogP contribution >= 0.6 is 0 Å². The molecule has 0 bridgehead atoms. The van der Waals surface area contributed by atoms with Gasteiger partial charge in [-0.1, -0.05) is 12.1 Å². The largest absolute Gasteiger partial charge is 0.490 e. The summed E-state index contributed by atoms with van der Waals surface area (Å²) in [7, 11) is 0. The number of aromatic carboxylic acids is 1. The number of carboxylic acids is 1. The van der Waals surface area contributed by atoms with Crippen molar-refractivity contribution in [3.8, 4) is 23.0 Å². The molecule has 0 aromatic heterocycles. The van der Waals surface area contributed by atoms with E-state index in [0.29, 0.717) is 42.8 Å². The lowest BCUT2D eigenvalue weighted by molar-refractivity contribution is 0.0696. The molecular weight excluding hydrogens is 324 g/mol. The van der Waals surface area contributed by atoms with Crippen LogP contribution in [0.5, 0.6) is 23.0 Å². The molecule has 0 heterocycles. The summed E-state index contributed by atoms with van der Waals surface area (Å²) >= 11 is 0. The first-order valence-corrected chi connectivity index (χ1v) is 8.13. The predicted molar refractivity (Wildman–Crippen MR) is 93.2 cm³/mol. The monoisotopic (exact) mass is 346 g/mol. The topological polar surface area (TPSA) is 74.2 Å². The van der Waals surface area contributed by atoms with Crippen LogP contribution in [0.3, 0.4) is 0 Å². The minimum atomic E-state index is -1.01. The van der Waals surface area contributed by atoms with E-state index in [1.165, 1.54) is 12.1 Å². The fourth-order valence-corrected chi connectivity index (χ4v) is 2.18. The van der Waals surface area contributed by atoms with Crippen LogP contribution in [0.25, 0.3) is 0 Å². The second-order valence-corrected chi connectivity index (χ2v) is 4.98. The van der Waals surface area contributed by atoms with Gasteiger partial charge in [-0.25, -0.2) is 4.79 Å². The second kappa shape index (κ2) is 9.42. The zero-order valence-electron chi connectivity index (χ0n) is 14.4. The van der Waals surface area contributed by atoms with Crippen molar-refractivity contribution in [2.24, 2.45) is 0 Å². The van der Waals surface area contributed by atoms with E-state index in [4.69, 9.17) is 24.1 Å². The average Bonchev–Trinajstić information content (AvgIpc) is 2.61. The maximum Gasteiger partial charge on any atom is 0.335 e. The minimum absolute atomic E-state index is 0.151. The fraction of sp³-hybridized carbons (Fsp3) is 0.316. The molecule has 0 aliphatic rings. The normalized spacial score (nSPS) is 10.2. The van der Waals surface area contributed by atoms with E-state index in [1.807, 2.05) is 38.1 Å². The Kier molecular flexibility index (Phi) is 6.95. The van der Waals surface area contributed by atoms with Gasteiger partial charge >= 0.3 is 5.97 Å². The molecule has 0 fully saturated rings. The van der Waals surface area contributed by atoms with E-state index < -0.39 is 5.97 Å². The summed E-state index contributed by atoms with van der Waals surface area (Å²) in [6, 6.07) is 11.9. The standard InChI is InChI=1S/C19H22O6/c1-3-22-15-7-5-6-8-16(15)24-11-12-25-17-10-9-14(19(20)21)13-18(17)23-4-2/h5-10,13H,3-4,11-12H2,1-2H3,(H,20,21). The highest BCUT2D eigenvalue weighted by atomic mass is 16.6. The van der Waals surface area contributed by atoms with Crippen molar-refractivity contribution in [2.45, 2.75) is 13.8 Å². The first-order valence-electron chi connectivity index (χ1n) is 8.13. The van der Waals surface area contributed by atoms with E-state index in [9.17, 15) is 4.79 Å². The van der Waals surface area contributed by atoms with Crippen molar-refractivity contribution in [1.29, 1.82) is 0 Å². The fourth-order valence-electron chi connectivity index (χ4n) is 2.18. The molecule has 0 amide bonds. The average molecular weight is 346 g/mol. The van der Waals surface area contributed by atoms with Gasteiger partial charge in [0.05, 0.1) is 18.8 Å². The van der Waals surface area contributed by atoms with Crippen LogP contribution < -0.4 is 18.9 Å². The van der Waals surface area contributed by atoms with Gasteiger partial charge in [0.15, 0.2) is 23.0 Å². The third-order valence-electron chi connectivity index (χ3n) is 3.24. The maximum absolute atomic E-state index is 11.0. The van der Waals surface area contributed by atoms with Crippen molar-refractivity contribution in [2.75, 3.05) is 26.4 Å². The van der Waals surface area contributed by atoms with Crippen molar-refractivity contribution >= 4 is 5.97 Å². The molecule has 1 N–H and O–H groups in total. The number of hydrogen-bond donors (Lipinski definition) is 1. The zero-order chi connectivity index (χ0) is 18.1. The molecule has 0 unspecified atom stereocenters. The van der Waals surface area contributed by atoms with E-state index in [1.54, 1.807) is 6.07 Å². The van der Waals surface area contributed by atoms with Gasteiger partial charge in [0, 0.05) is 0 Å². The Balaban J connectivity index is 1.94. The number of ether oxygens (including phenoxy) is 4. The third-order valence-corrected chi connectivity index (χ3v) is 3.24. The zero-order valence-corrected chi connectivity index (χ0v) is 14.4. The van der Waals surface area contributed by atoms with Crippen molar-refractivity contribution in [1.82, 2.24) is 0 Å². The van der Waals surface area contributed by atoms with E-state index in [0.717, 1.165) is 0 Å². The summed E-state index contributed by atoms with van der Waals surface area (Å²) in [6.07, 6.45) is 0. The van der Waals surface area contributed by atoms with Gasteiger partial charge in [0.25, 0.3) is 0 Å². The molecule has 0 atom stereocenters. The maximum atomic E-state index is 11.0. The summed E-state index contributed by atoms with van der Waals surface area (Å²) in [5.41, 5.74) is 0.151. The summed E-state index contributed by atoms with van der Waals surface area (Å²) in [4.78, 5) is 11.0. The molecule has 2 aromatic rings. The molecule has 6 heteroatoms. The Labute approximate surface area is 146 Å². The van der Waals surface area contributed by atoms with Gasteiger partial charge in [-0.3, -0.25) is 0 Å². The lowest BCUT2D eigenvalue weighted by Crippen LogP contribution is -2.11. The summed E-state index contributed by atoms with van der Waals surface area (Å²) in [6.45, 7) is 5.31. The molecule has 0 aliphatic carbocycles. The van der Waals surface area contributed by atoms with Crippen molar-refractivity contribution in [3.63, 3.8) is 0 Å². The van der Waals surface area contributed by atoms with Crippen LogP contribution in [-0.2, 0) is 0 Å². The number of hydrogen-bond acceptors (Lipinski definition) is 5. The Morgan fingerprint density at radius 1 is 0.800 bits per heavy atom. The van der Waals surface area contributed by atoms with Gasteiger partial charge in [-0.15, -0.1) is 0 Å². The van der Waals surface area contributed by atoms with Gasteiger partial charge in [-0.05, 0) is 44.2 Å². The molecular formula is C19H22O6. The lowest BCUT2D eigenvalue weighted by atomic mass is 10.2. The Morgan fingerprint density at radius 2 is 1.32 bits per heavy atom. The molecule has 0 saturated carbocycles. The predicted octanol–water partition coefficient (Wildman–Crippen LogP) is 3.64. The summed E-state index contributed by atoms with van der Waals surface area (Å²) in [5.74, 6) is 1.21. The van der Waals surface area contributed by atoms with Gasteiger partial charge in [0.1, 0.15) is 13.2 Å². The Morgan fingerprint density at radius 3 is 1.88 bits per heavy atom. The molecule has 25 heavy (non-hydrogen) atoms. The first kappa shape index (κ1) is 18.4. The molecule has 0 spiro atoms. The van der Waals surface area contributed by atoms with Gasteiger partial charge in [0.2, 0.25) is 0 Å². The van der Waals surface area contributed by atoms with Crippen LogP contribution in [0, 0.1) is 0 Å². The third kappa shape index (κ3) is 5.31. The Hall–Kier alpha value is -2.89. The van der Waals surface area contributed by atoms with Crippen molar-refractivity contribution in [3.05, 3.63) is 48.0 Å². The highest BCUT2D eigenvalue weighted by Gasteiger charge is 2.11. The highest BCUT2D eigenvalue weighted by Crippen LogP contribution is 2.29. The van der Waals surface area contributed by atoms with Crippen LogP contribution in [0.15, 0.2) is 42.5 Å². The quantitative estimate of drug-likeness (QED) is 0.662. The molecule has 0 radical (unpaired) electrons. The first-order chi connectivity index (χ1) is 12.2. The minimum Gasteiger partial charge on any atom is -0.490 e. The second-order valence-electron chi connectivity index (χ2n) is 4.98. The number of carboxylic acid groups (broad SMARTS) is 1. The number of benzene rings is 2. The van der Waals surface area contributed by atoms with Crippen molar-refractivity contribution < 1.29 is 28.8 Å². The highest BCUT2D eigenvalue weighted by molar-refractivity contribution is 5.88. The SMILES string of the molecule is CCOc1ccccc1OCCOc1ccc(C(=O)O)cc1OCC.